The van der Waals surface area contributed by atoms with Crippen molar-refractivity contribution in [3.8, 4) is 11.5 Å². The maximum absolute atomic E-state index is 12.1. The molecule has 3 aromatic rings. The Balaban J connectivity index is 2.03. The second kappa shape index (κ2) is 5.76. The first kappa shape index (κ1) is 14.5. The number of aromatic amines is 1. The lowest BCUT2D eigenvalue weighted by Gasteiger charge is -2.03. The van der Waals surface area contributed by atoms with E-state index >= 15 is 0 Å². The highest BCUT2D eigenvalue weighted by Gasteiger charge is 2.11. The van der Waals surface area contributed by atoms with Crippen LogP contribution < -0.4 is 5.56 Å². The first-order chi connectivity index (χ1) is 11.1. The van der Waals surface area contributed by atoms with Gasteiger partial charge in [-0.05, 0) is 36.4 Å². The van der Waals surface area contributed by atoms with Crippen LogP contribution in [0.25, 0.3) is 17.1 Å². The van der Waals surface area contributed by atoms with E-state index in [1.807, 2.05) is 0 Å². The summed E-state index contributed by atoms with van der Waals surface area (Å²) in [7, 11) is 0. The first-order valence-corrected chi connectivity index (χ1v) is 6.78. The minimum atomic E-state index is -0.560. The summed E-state index contributed by atoms with van der Waals surface area (Å²) in [6.07, 6.45) is 3.84. The van der Waals surface area contributed by atoms with Gasteiger partial charge in [-0.2, -0.15) is 0 Å². The summed E-state index contributed by atoms with van der Waals surface area (Å²) in [6, 6.07) is 9.32. The number of para-hydroxylation sites is 1. The molecule has 0 fully saturated rings. The Hall–Kier alpha value is -3.41. The number of hydrogen-bond donors (Lipinski definition) is 3. The van der Waals surface area contributed by atoms with Crippen LogP contribution in [-0.4, -0.2) is 26.0 Å². The van der Waals surface area contributed by atoms with Crippen molar-refractivity contribution < 1.29 is 15.0 Å². The van der Waals surface area contributed by atoms with Crippen LogP contribution in [0.1, 0.15) is 15.9 Å². The van der Waals surface area contributed by atoms with Gasteiger partial charge in [0, 0.05) is 6.20 Å². The standard InChI is InChI=1S/C17H12N2O4/c20-13-6-2-1-4-10(13)14(21)8-7-12-15(22)11-5-3-9-18-16(11)19-17(12)23/h1-9,20H,(H2,18,19,22,23). The van der Waals surface area contributed by atoms with Gasteiger partial charge < -0.3 is 15.2 Å². The monoisotopic (exact) mass is 308 g/mol. The molecule has 1 aromatic carbocycles. The molecule has 2 aromatic heterocycles. The van der Waals surface area contributed by atoms with Gasteiger partial charge >= 0.3 is 0 Å². The molecule has 0 aliphatic carbocycles. The molecule has 0 spiro atoms. The van der Waals surface area contributed by atoms with Crippen molar-refractivity contribution in [2.45, 2.75) is 0 Å². The van der Waals surface area contributed by atoms with Crippen molar-refractivity contribution in [2.75, 3.05) is 0 Å². The lowest BCUT2D eigenvalue weighted by molar-refractivity contribution is 0.104. The van der Waals surface area contributed by atoms with Crippen LogP contribution in [0.3, 0.4) is 0 Å². The van der Waals surface area contributed by atoms with Crippen molar-refractivity contribution in [3.05, 3.63) is 70.2 Å². The number of carbonyl (C=O) groups excluding carboxylic acids is 1. The summed E-state index contributed by atoms with van der Waals surface area (Å²) in [6.45, 7) is 0. The van der Waals surface area contributed by atoms with E-state index in [4.69, 9.17) is 0 Å². The molecular weight excluding hydrogens is 296 g/mol. The number of phenolic OH excluding ortho intramolecular Hbond substituents is 1. The van der Waals surface area contributed by atoms with Crippen LogP contribution >= 0.6 is 0 Å². The Kier molecular flexibility index (Phi) is 3.64. The van der Waals surface area contributed by atoms with Crippen molar-refractivity contribution in [1.82, 2.24) is 9.97 Å². The van der Waals surface area contributed by atoms with E-state index < -0.39 is 11.3 Å². The van der Waals surface area contributed by atoms with Crippen molar-refractivity contribution in [1.29, 1.82) is 0 Å². The lowest BCUT2D eigenvalue weighted by Crippen LogP contribution is -2.10. The van der Waals surface area contributed by atoms with Crippen LogP contribution in [-0.2, 0) is 0 Å². The number of ketones is 1. The molecule has 3 N–H and O–H groups in total. The second-order valence-corrected chi connectivity index (χ2v) is 4.83. The van der Waals surface area contributed by atoms with E-state index in [0.29, 0.717) is 5.39 Å². The van der Waals surface area contributed by atoms with Crippen LogP contribution in [0.15, 0.2) is 53.5 Å². The molecular formula is C17H12N2O4. The van der Waals surface area contributed by atoms with Gasteiger partial charge in [-0.1, -0.05) is 12.1 Å². The highest BCUT2D eigenvalue weighted by atomic mass is 16.3. The third-order valence-corrected chi connectivity index (χ3v) is 3.37. The van der Waals surface area contributed by atoms with E-state index in [-0.39, 0.29) is 28.3 Å². The van der Waals surface area contributed by atoms with Crippen LogP contribution in [0.2, 0.25) is 0 Å². The first-order valence-electron chi connectivity index (χ1n) is 6.78. The molecule has 2 heterocycles. The maximum Gasteiger partial charge on any atom is 0.260 e. The topological polar surface area (TPSA) is 103 Å². The zero-order chi connectivity index (χ0) is 16.4. The number of hydrogen-bond acceptors (Lipinski definition) is 5. The van der Waals surface area contributed by atoms with Gasteiger partial charge in [-0.15, -0.1) is 0 Å². The van der Waals surface area contributed by atoms with E-state index in [1.54, 1.807) is 24.3 Å². The van der Waals surface area contributed by atoms with Gasteiger partial charge in [0.2, 0.25) is 0 Å². The van der Waals surface area contributed by atoms with Gasteiger partial charge in [0.15, 0.2) is 5.78 Å². The predicted molar refractivity (Wildman–Crippen MR) is 85.5 cm³/mol. The number of carbonyl (C=O) groups is 1. The maximum atomic E-state index is 12.1. The number of aromatic hydroxyl groups is 2. The number of allylic oxidation sites excluding steroid dienone is 1. The molecule has 0 radical (unpaired) electrons. The Morgan fingerprint density at radius 1 is 1.13 bits per heavy atom. The smallest absolute Gasteiger partial charge is 0.260 e. The average molecular weight is 308 g/mol. The Morgan fingerprint density at radius 3 is 2.70 bits per heavy atom. The molecule has 3 rings (SSSR count). The molecule has 6 heteroatoms. The molecule has 114 valence electrons. The quantitative estimate of drug-likeness (QED) is 0.508. The number of pyridine rings is 2. The third-order valence-electron chi connectivity index (χ3n) is 3.37. The molecule has 0 aliphatic heterocycles. The van der Waals surface area contributed by atoms with E-state index in [1.165, 1.54) is 24.4 Å². The Bertz CT molecular complexity index is 989. The van der Waals surface area contributed by atoms with Crippen LogP contribution in [0.5, 0.6) is 11.5 Å². The number of fused-ring (bicyclic) bond motifs is 1. The normalized spacial score (nSPS) is 11.1. The molecule has 0 atom stereocenters. The van der Waals surface area contributed by atoms with E-state index in [2.05, 4.69) is 9.97 Å². The van der Waals surface area contributed by atoms with Gasteiger partial charge in [-0.3, -0.25) is 9.59 Å². The fraction of sp³-hybridized carbons (Fsp3) is 0. The summed E-state index contributed by atoms with van der Waals surface area (Å²) in [5.41, 5.74) is -0.231. The largest absolute Gasteiger partial charge is 0.507 e. The Morgan fingerprint density at radius 2 is 1.91 bits per heavy atom. The fourth-order valence-electron chi connectivity index (χ4n) is 2.21. The number of nitrogens with zero attached hydrogens (tertiary/aromatic N) is 1. The molecule has 0 unspecified atom stereocenters. The molecule has 0 saturated carbocycles. The van der Waals surface area contributed by atoms with Gasteiger partial charge in [0.25, 0.3) is 5.56 Å². The van der Waals surface area contributed by atoms with Gasteiger partial charge in [0.05, 0.1) is 16.5 Å². The minimum Gasteiger partial charge on any atom is -0.507 e. The molecule has 6 nitrogen and oxygen atoms in total. The van der Waals surface area contributed by atoms with Crippen LogP contribution in [0, 0.1) is 0 Å². The minimum absolute atomic E-state index is 0.0470. The number of H-pyrrole nitrogens is 1. The summed E-state index contributed by atoms with van der Waals surface area (Å²) >= 11 is 0. The molecule has 0 aliphatic rings. The fourth-order valence-corrected chi connectivity index (χ4v) is 2.21. The summed E-state index contributed by atoms with van der Waals surface area (Å²) in [5, 5.41) is 20.2. The molecule has 0 bridgehead atoms. The van der Waals surface area contributed by atoms with E-state index in [0.717, 1.165) is 6.08 Å². The molecule has 23 heavy (non-hydrogen) atoms. The summed E-state index contributed by atoms with van der Waals surface area (Å²) in [5.74, 6) is -0.880. The average Bonchev–Trinajstić information content (AvgIpc) is 2.55. The second-order valence-electron chi connectivity index (χ2n) is 4.83. The van der Waals surface area contributed by atoms with Crippen molar-refractivity contribution in [3.63, 3.8) is 0 Å². The number of benzene rings is 1. The molecule has 0 saturated heterocycles. The van der Waals surface area contributed by atoms with Gasteiger partial charge in [-0.25, -0.2) is 4.98 Å². The highest BCUT2D eigenvalue weighted by Crippen LogP contribution is 2.24. The number of nitrogens with one attached hydrogen (secondary N) is 1. The van der Waals surface area contributed by atoms with Crippen LogP contribution in [0.4, 0.5) is 0 Å². The SMILES string of the molecule is O=C(C=Cc1c(O)c2cccnc2[nH]c1=O)c1ccccc1O. The van der Waals surface area contributed by atoms with Gasteiger partial charge in [0.1, 0.15) is 17.1 Å². The zero-order valence-corrected chi connectivity index (χ0v) is 11.9. The lowest BCUT2D eigenvalue weighted by atomic mass is 10.1. The number of aromatic nitrogens is 2. The van der Waals surface area contributed by atoms with E-state index in [9.17, 15) is 19.8 Å². The predicted octanol–water partition coefficient (Wildman–Crippen LogP) is 2.23. The molecule has 0 amide bonds. The zero-order valence-electron chi connectivity index (χ0n) is 11.9. The number of rotatable bonds is 3. The summed E-state index contributed by atoms with van der Waals surface area (Å²) < 4.78 is 0. The highest BCUT2D eigenvalue weighted by molar-refractivity contribution is 6.08. The third kappa shape index (κ3) is 2.69. The van der Waals surface area contributed by atoms with Crippen molar-refractivity contribution in [2.24, 2.45) is 0 Å². The Labute approximate surface area is 130 Å². The summed E-state index contributed by atoms with van der Waals surface area (Å²) in [4.78, 5) is 30.6. The number of phenols is 1. The van der Waals surface area contributed by atoms with Crippen molar-refractivity contribution >= 4 is 22.9 Å².